The lowest BCUT2D eigenvalue weighted by atomic mass is 9.88. The van der Waals surface area contributed by atoms with Crippen LogP contribution in [0.2, 0.25) is 0 Å². The zero-order valence-corrected chi connectivity index (χ0v) is 12.4. The molecule has 8 heteroatoms. The molecule has 1 N–H and O–H groups in total. The fraction of sp³-hybridized carbons (Fsp3) is 0.357. The quantitative estimate of drug-likeness (QED) is 0.349. The third-order valence-corrected chi connectivity index (χ3v) is 2.90. The molecule has 0 aliphatic rings. The first-order chi connectivity index (χ1) is 10.4. The van der Waals surface area contributed by atoms with E-state index in [2.05, 4.69) is 14.3 Å². The Labute approximate surface area is 126 Å². The molecule has 0 radical (unpaired) electrons. The van der Waals surface area contributed by atoms with E-state index in [-0.39, 0.29) is 12.2 Å². The second-order valence-corrected chi connectivity index (χ2v) is 4.10. The van der Waals surface area contributed by atoms with E-state index in [0.29, 0.717) is 5.75 Å². The molecule has 1 rings (SSSR count). The third kappa shape index (κ3) is 3.13. The largest absolute Gasteiger partial charge is 0.497 e. The molecule has 1 aromatic carbocycles. The van der Waals surface area contributed by atoms with Crippen molar-refractivity contribution in [1.29, 1.82) is 0 Å². The maximum absolute atomic E-state index is 12.0. The Balaban J connectivity index is 3.44. The minimum absolute atomic E-state index is 0.0300. The number of benzene rings is 1. The second kappa shape index (κ2) is 7.35. The number of hydrogen-bond acceptors (Lipinski definition) is 6. The van der Waals surface area contributed by atoms with Crippen molar-refractivity contribution in [3.05, 3.63) is 35.4 Å². The first kappa shape index (κ1) is 17.4. The van der Waals surface area contributed by atoms with Crippen LogP contribution in [0.1, 0.15) is 12.5 Å². The van der Waals surface area contributed by atoms with Crippen molar-refractivity contribution in [2.24, 2.45) is 0 Å². The maximum Gasteiger partial charge on any atom is 0.423 e. The van der Waals surface area contributed by atoms with E-state index in [1.165, 1.54) is 38.3 Å². The van der Waals surface area contributed by atoms with Crippen molar-refractivity contribution in [3.8, 4) is 5.75 Å². The summed E-state index contributed by atoms with van der Waals surface area (Å²) in [4.78, 5) is 26.6. The van der Waals surface area contributed by atoms with Gasteiger partial charge < -0.3 is 24.8 Å². The number of ether oxygens (including phenoxy) is 3. The molecule has 0 aliphatic heterocycles. The summed E-state index contributed by atoms with van der Waals surface area (Å²) >= 11 is 0. The molecule has 0 fully saturated rings. The zero-order valence-electron chi connectivity index (χ0n) is 12.4. The first-order valence-corrected chi connectivity index (χ1v) is 6.30. The van der Waals surface area contributed by atoms with Crippen molar-refractivity contribution in [2.75, 3.05) is 20.8 Å². The molecule has 0 amide bonds. The Morgan fingerprint density at radius 1 is 1.27 bits per heavy atom. The van der Waals surface area contributed by atoms with Crippen molar-refractivity contribution in [3.63, 3.8) is 0 Å². The van der Waals surface area contributed by atoms with E-state index in [4.69, 9.17) is 10.3 Å². The van der Waals surface area contributed by atoms with Crippen LogP contribution in [-0.4, -0.2) is 48.4 Å². The molecule has 1 unspecified atom stereocenters. The molecular weight excluding hydrogens is 292 g/mol. The van der Waals surface area contributed by atoms with Crippen LogP contribution in [0, 0.1) is 0 Å². The smallest absolute Gasteiger partial charge is 0.423 e. The summed E-state index contributed by atoms with van der Waals surface area (Å²) in [5.74, 6) is -1.87. The topological polar surface area (TPSA) is 118 Å². The van der Waals surface area contributed by atoms with Gasteiger partial charge in [-0.3, -0.25) is 0 Å². The van der Waals surface area contributed by atoms with Crippen LogP contribution in [0.15, 0.2) is 24.3 Å². The predicted octanol–water partition coefficient (Wildman–Crippen LogP) is 0.290. The lowest BCUT2D eigenvalue weighted by Crippen LogP contribution is -2.49. The molecule has 0 saturated carbocycles. The molecular formula is C14H16N2O6. The highest BCUT2D eigenvalue weighted by molar-refractivity contribution is 6.41. The fourth-order valence-electron chi connectivity index (χ4n) is 1.79. The van der Waals surface area contributed by atoms with E-state index in [1.54, 1.807) is 0 Å². The molecule has 0 heterocycles. The van der Waals surface area contributed by atoms with E-state index in [1.807, 2.05) is 0 Å². The summed E-state index contributed by atoms with van der Waals surface area (Å²) in [6.07, 6.45) is 0. The number of hydrogen-bond donors (Lipinski definition) is 1. The van der Waals surface area contributed by atoms with Crippen LogP contribution in [0.5, 0.6) is 5.75 Å². The van der Waals surface area contributed by atoms with Gasteiger partial charge in [-0.15, -0.1) is 0 Å². The number of rotatable bonds is 6. The first-order valence-electron chi connectivity index (χ1n) is 6.30. The van der Waals surface area contributed by atoms with Crippen LogP contribution in [0.4, 0.5) is 0 Å². The van der Waals surface area contributed by atoms with Crippen LogP contribution < -0.4 is 4.74 Å². The van der Waals surface area contributed by atoms with Gasteiger partial charge in [0.15, 0.2) is 0 Å². The van der Waals surface area contributed by atoms with Crippen LogP contribution in [0.25, 0.3) is 5.53 Å². The van der Waals surface area contributed by atoms with E-state index < -0.39 is 23.3 Å². The highest BCUT2D eigenvalue weighted by Crippen LogP contribution is 2.26. The number of carbonyl (C=O) groups is 2. The normalized spacial score (nSPS) is 12.5. The highest BCUT2D eigenvalue weighted by atomic mass is 16.5. The second-order valence-electron chi connectivity index (χ2n) is 4.10. The Morgan fingerprint density at radius 2 is 1.86 bits per heavy atom. The summed E-state index contributed by atoms with van der Waals surface area (Å²) < 4.78 is 14.2. The van der Waals surface area contributed by atoms with Crippen molar-refractivity contribution in [2.45, 2.75) is 12.5 Å². The summed E-state index contributed by atoms with van der Waals surface area (Å²) in [6, 6.07) is 5.59. The maximum atomic E-state index is 12.0. The van der Waals surface area contributed by atoms with Gasteiger partial charge in [-0.2, -0.15) is 4.79 Å². The average Bonchev–Trinajstić information content (AvgIpc) is 2.54. The molecule has 0 spiro atoms. The Morgan fingerprint density at radius 3 is 2.27 bits per heavy atom. The minimum Gasteiger partial charge on any atom is -0.497 e. The molecule has 1 atom stereocenters. The Bertz CT molecular complexity index is 606. The molecule has 0 aromatic heterocycles. The summed E-state index contributed by atoms with van der Waals surface area (Å²) in [5, 5.41) is 10.7. The lowest BCUT2D eigenvalue weighted by molar-refractivity contribution is -0.164. The van der Waals surface area contributed by atoms with E-state index >= 15 is 0 Å². The van der Waals surface area contributed by atoms with Gasteiger partial charge in [0, 0.05) is 5.56 Å². The molecule has 0 bridgehead atoms. The number of carbonyl (C=O) groups excluding carboxylic acids is 2. The zero-order chi connectivity index (χ0) is 16.8. The van der Waals surface area contributed by atoms with E-state index in [9.17, 15) is 14.7 Å². The third-order valence-electron chi connectivity index (χ3n) is 2.90. The molecule has 1 aromatic rings. The molecule has 118 valence electrons. The van der Waals surface area contributed by atoms with Gasteiger partial charge in [0.1, 0.15) is 5.75 Å². The summed E-state index contributed by atoms with van der Waals surface area (Å²) in [5.41, 5.74) is 5.51. The van der Waals surface area contributed by atoms with Crippen LogP contribution in [0.3, 0.4) is 0 Å². The van der Waals surface area contributed by atoms with Crippen molar-refractivity contribution < 1.29 is 33.7 Å². The Hall–Kier alpha value is -2.70. The van der Waals surface area contributed by atoms with Crippen LogP contribution in [-0.2, 0) is 24.7 Å². The van der Waals surface area contributed by atoms with Gasteiger partial charge in [0.25, 0.3) is 5.60 Å². The SMILES string of the molecule is CCOC(=O)C(=[N+]=[N-])C(O)(C(=O)OC)c1ccc(OC)cc1. The number of esters is 2. The van der Waals surface area contributed by atoms with Gasteiger partial charge in [0.2, 0.25) is 0 Å². The average molecular weight is 308 g/mol. The van der Waals surface area contributed by atoms with Gasteiger partial charge in [0.05, 0.1) is 20.8 Å². The molecule has 0 saturated heterocycles. The van der Waals surface area contributed by atoms with Gasteiger partial charge in [-0.25, -0.2) is 9.59 Å². The number of nitrogens with zero attached hydrogens (tertiary/aromatic N) is 2. The number of aliphatic hydroxyl groups is 1. The van der Waals surface area contributed by atoms with Gasteiger partial charge >= 0.3 is 17.7 Å². The minimum atomic E-state index is -2.61. The lowest BCUT2D eigenvalue weighted by Gasteiger charge is -2.20. The van der Waals surface area contributed by atoms with E-state index in [0.717, 1.165) is 7.11 Å². The number of methoxy groups -OCH3 is 2. The fourth-order valence-corrected chi connectivity index (χ4v) is 1.79. The molecule has 0 aliphatic carbocycles. The van der Waals surface area contributed by atoms with Crippen LogP contribution >= 0.6 is 0 Å². The Kier molecular flexibility index (Phi) is 5.80. The van der Waals surface area contributed by atoms with Gasteiger partial charge in [-0.1, -0.05) is 12.1 Å². The predicted molar refractivity (Wildman–Crippen MR) is 74.2 cm³/mol. The van der Waals surface area contributed by atoms with Crippen molar-refractivity contribution >= 4 is 17.7 Å². The monoisotopic (exact) mass is 308 g/mol. The highest BCUT2D eigenvalue weighted by Gasteiger charge is 2.55. The summed E-state index contributed by atoms with van der Waals surface area (Å²) in [6.45, 7) is 1.50. The van der Waals surface area contributed by atoms with Crippen molar-refractivity contribution in [1.82, 2.24) is 0 Å². The van der Waals surface area contributed by atoms with Gasteiger partial charge in [-0.05, 0) is 19.1 Å². The summed E-state index contributed by atoms with van der Waals surface area (Å²) in [7, 11) is 2.47. The molecule has 22 heavy (non-hydrogen) atoms. The molecule has 8 nitrogen and oxygen atoms in total. The standard InChI is InChI=1S/C14H16N2O6/c1-4-22-12(17)11(16-15)14(19,13(18)21-3)9-5-7-10(20-2)8-6-9/h5-8,19H,4H2,1-3H3.